The van der Waals surface area contributed by atoms with Crippen molar-refractivity contribution < 1.29 is 14.1 Å². The molecule has 6 heteroatoms. The number of nitrogens with zero attached hydrogens (tertiary/aromatic N) is 1. The average Bonchev–Trinajstić information content (AvgIpc) is 2.74. The van der Waals surface area contributed by atoms with Crippen molar-refractivity contribution in [3.8, 4) is 5.75 Å². The Kier molecular flexibility index (Phi) is 6.17. The van der Waals surface area contributed by atoms with E-state index in [1.54, 1.807) is 6.07 Å². The van der Waals surface area contributed by atoms with Gasteiger partial charge in [0.05, 0.1) is 26.2 Å². The van der Waals surface area contributed by atoms with E-state index >= 15 is 0 Å². The zero-order chi connectivity index (χ0) is 20.1. The van der Waals surface area contributed by atoms with Crippen molar-refractivity contribution in [1.29, 1.82) is 0 Å². The number of piperazine rings is 1. The SMILES string of the molecule is O=c1cc(C[NH+]2CCN(c3cccc(Cl)c3)CC2)occ1OCc1ccccc1. The second-order valence-corrected chi connectivity index (χ2v) is 7.68. The van der Waals surface area contributed by atoms with Crippen LogP contribution in [0.3, 0.4) is 0 Å². The number of hydrogen-bond acceptors (Lipinski definition) is 4. The normalized spacial score (nSPS) is 14.7. The van der Waals surface area contributed by atoms with Crippen LogP contribution in [0.15, 0.2) is 76.1 Å². The minimum atomic E-state index is -0.140. The lowest BCUT2D eigenvalue weighted by Gasteiger charge is -2.33. The van der Waals surface area contributed by atoms with E-state index in [-0.39, 0.29) is 11.2 Å². The van der Waals surface area contributed by atoms with Crippen LogP contribution in [-0.4, -0.2) is 26.2 Å². The molecule has 3 aromatic rings. The largest absolute Gasteiger partial charge is 0.482 e. The Labute approximate surface area is 175 Å². The molecule has 0 saturated carbocycles. The third-order valence-electron chi connectivity index (χ3n) is 5.16. The Morgan fingerprint density at radius 2 is 1.83 bits per heavy atom. The van der Waals surface area contributed by atoms with Gasteiger partial charge in [0, 0.05) is 16.8 Å². The lowest BCUT2D eigenvalue weighted by Crippen LogP contribution is -3.13. The predicted molar refractivity (Wildman–Crippen MR) is 114 cm³/mol. The number of anilines is 1. The number of benzene rings is 2. The summed E-state index contributed by atoms with van der Waals surface area (Å²) in [6.45, 7) is 4.88. The second kappa shape index (κ2) is 9.16. The number of nitrogens with one attached hydrogen (secondary N) is 1. The van der Waals surface area contributed by atoms with Crippen LogP contribution in [0.4, 0.5) is 5.69 Å². The Morgan fingerprint density at radius 1 is 1.03 bits per heavy atom. The molecule has 0 unspecified atom stereocenters. The number of quaternary nitrogens is 1. The van der Waals surface area contributed by atoms with Crippen molar-refractivity contribution in [3.05, 3.63) is 93.5 Å². The molecular formula is C23H24ClN2O3+. The molecule has 0 aliphatic carbocycles. The molecule has 0 atom stereocenters. The molecule has 2 aromatic carbocycles. The Bertz CT molecular complexity index is 998. The van der Waals surface area contributed by atoms with Crippen molar-refractivity contribution >= 4 is 17.3 Å². The molecule has 1 fully saturated rings. The zero-order valence-corrected chi connectivity index (χ0v) is 16.9. The summed E-state index contributed by atoms with van der Waals surface area (Å²) < 4.78 is 11.3. The van der Waals surface area contributed by atoms with Crippen molar-refractivity contribution in [1.82, 2.24) is 0 Å². The van der Waals surface area contributed by atoms with E-state index < -0.39 is 0 Å². The summed E-state index contributed by atoms with van der Waals surface area (Å²) in [5, 5.41) is 0.758. The lowest BCUT2D eigenvalue weighted by molar-refractivity contribution is -0.915. The van der Waals surface area contributed by atoms with Gasteiger partial charge in [-0.3, -0.25) is 4.79 Å². The lowest BCUT2D eigenvalue weighted by atomic mass is 10.2. The fraction of sp³-hybridized carbons (Fsp3) is 0.261. The minimum absolute atomic E-state index is 0.140. The molecule has 4 rings (SSSR count). The molecule has 0 radical (unpaired) electrons. The number of hydrogen-bond donors (Lipinski definition) is 1. The topological polar surface area (TPSA) is 47.1 Å². The highest BCUT2D eigenvalue weighted by Crippen LogP contribution is 2.19. The fourth-order valence-electron chi connectivity index (χ4n) is 3.55. The zero-order valence-electron chi connectivity index (χ0n) is 16.1. The molecular weight excluding hydrogens is 388 g/mol. The quantitative estimate of drug-likeness (QED) is 0.677. The molecule has 5 nitrogen and oxygen atoms in total. The average molecular weight is 412 g/mol. The van der Waals surface area contributed by atoms with Gasteiger partial charge in [-0.05, 0) is 23.8 Å². The fourth-order valence-corrected chi connectivity index (χ4v) is 3.73. The van der Waals surface area contributed by atoms with E-state index in [1.165, 1.54) is 11.2 Å². The van der Waals surface area contributed by atoms with Crippen molar-refractivity contribution in [2.24, 2.45) is 0 Å². The van der Waals surface area contributed by atoms with Crippen molar-refractivity contribution in [2.75, 3.05) is 31.1 Å². The molecule has 29 heavy (non-hydrogen) atoms. The van der Waals surface area contributed by atoms with Crippen molar-refractivity contribution in [2.45, 2.75) is 13.2 Å². The van der Waals surface area contributed by atoms with Crippen LogP contribution in [0, 0.1) is 0 Å². The van der Waals surface area contributed by atoms with Gasteiger partial charge in [0.25, 0.3) is 0 Å². The van der Waals surface area contributed by atoms with Gasteiger partial charge in [0.2, 0.25) is 11.2 Å². The van der Waals surface area contributed by atoms with Crippen LogP contribution in [0.1, 0.15) is 11.3 Å². The van der Waals surface area contributed by atoms with Crippen LogP contribution in [0.5, 0.6) is 5.75 Å². The maximum absolute atomic E-state index is 12.4. The van der Waals surface area contributed by atoms with Gasteiger partial charge in [-0.25, -0.2) is 0 Å². The van der Waals surface area contributed by atoms with Crippen LogP contribution < -0.4 is 20.0 Å². The summed E-state index contributed by atoms with van der Waals surface area (Å²) in [6, 6.07) is 19.3. The molecule has 0 amide bonds. The number of ether oxygens (including phenoxy) is 1. The predicted octanol–water partition coefficient (Wildman–Crippen LogP) is 2.78. The first-order valence-corrected chi connectivity index (χ1v) is 10.2. The van der Waals surface area contributed by atoms with Gasteiger partial charge >= 0.3 is 0 Å². The number of halogens is 1. The second-order valence-electron chi connectivity index (χ2n) is 7.24. The molecule has 1 saturated heterocycles. The summed E-state index contributed by atoms with van der Waals surface area (Å²) in [7, 11) is 0. The molecule has 1 aromatic heterocycles. The van der Waals surface area contributed by atoms with Crippen LogP contribution in [0.2, 0.25) is 5.02 Å². The standard InChI is InChI=1S/C23H23ClN2O3/c24-19-7-4-8-20(13-19)26-11-9-25(10-12-26)15-21-14-22(27)23(17-28-21)29-16-18-5-2-1-3-6-18/h1-8,13-14,17H,9-12,15-16H2/p+1. The third-order valence-corrected chi connectivity index (χ3v) is 5.39. The molecule has 1 N–H and O–H groups in total. The Hall–Kier alpha value is -2.76. The molecule has 0 spiro atoms. The van der Waals surface area contributed by atoms with E-state index in [1.807, 2.05) is 48.5 Å². The van der Waals surface area contributed by atoms with Gasteiger partial charge in [-0.2, -0.15) is 0 Å². The highest BCUT2D eigenvalue weighted by atomic mass is 35.5. The summed E-state index contributed by atoms with van der Waals surface area (Å²) in [5.41, 5.74) is 2.03. The summed E-state index contributed by atoms with van der Waals surface area (Å²) in [6.07, 6.45) is 1.43. The van der Waals surface area contributed by atoms with Gasteiger partial charge in [-0.1, -0.05) is 48.0 Å². The monoisotopic (exact) mass is 411 g/mol. The summed E-state index contributed by atoms with van der Waals surface area (Å²) >= 11 is 6.10. The van der Waals surface area contributed by atoms with Crippen LogP contribution in [0.25, 0.3) is 0 Å². The molecule has 1 aliphatic heterocycles. The van der Waals surface area contributed by atoms with E-state index in [0.29, 0.717) is 18.9 Å². The maximum Gasteiger partial charge on any atom is 0.227 e. The first kappa shape index (κ1) is 19.6. The van der Waals surface area contributed by atoms with Gasteiger partial charge in [0.15, 0.2) is 5.76 Å². The van der Waals surface area contributed by atoms with Gasteiger partial charge < -0.3 is 19.0 Å². The van der Waals surface area contributed by atoms with E-state index in [2.05, 4.69) is 11.0 Å². The third kappa shape index (κ3) is 5.19. The van der Waals surface area contributed by atoms with Crippen molar-refractivity contribution in [3.63, 3.8) is 0 Å². The summed E-state index contributed by atoms with van der Waals surface area (Å²) in [4.78, 5) is 16.1. The Morgan fingerprint density at radius 3 is 2.55 bits per heavy atom. The molecule has 0 bridgehead atoms. The molecule has 1 aliphatic rings. The number of rotatable bonds is 6. The van der Waals surface area contributed by atoms with E-state index in [4.69, 9.17) is 20.8 Å². The summed E-state index contributed by atoms with van der Waals surface area (Å²) in [5.74, 6) is 0.937. The van der Waals surface area contributed by atoms with Gasteiger partial charge in [0.1, 0.15) is 19.4 Å². The van der Waals surface area contributed by atoms with E-state index in [0.717, 1.165) is 42.5 Å². The highest BCUT2D eigenvalue weighted by molar-refractivity contribution is 6.30. The smallest absolute Gasteiger partial charge is 0.227 e. The van der Waals surface area contributed by atoms with E-state index in [9.17, 15) is 4.79 Å². The Balaban J connectivity index is 1.31. The van der Waals surface area contributed by atoms with Crippen LogP contribution in [-0.2, 0) is 13.2 Å². The van der Waals surface area contributed by atoms with Gasteiger partial charge in [-0.15, -0.1) is 0 Å². The molecule has 2 heterocycles. The first-order chi connectivity index (χ1) is 14.2. The highest BCUT2D eigenvalue weighted by Gasteiger charge is 2.21. The maximum atomic E-state index is 12.4. The first-order valence-electron chi connectivity index (χ1n) is 9.80. The minimum Gasteiger partial charge on any atom is -0.482 e. The molecule has 150 valence electrons. The van der Waals surface area contributed by atoms with Crippen LogP contribution >= 0.6 is 11.6 Å².